The number of hydrogen-bond acceptors (Lipinski definition) is 5. The van der Waals surface area contributed by atoms with Gasteiger partial charge in [-0.15, -0.1) is 0 Å². The molecule has 4 bridgehead atoms. The van der Waals surface area contributed by atoms with E-state index < -0.39 is 11.9 Å². The Hall–Kier alpha value is -2.58. The molecule has 1 heterocycles. The monoisotopic (exact) mass is 444 g/mol. The van der Waals surface area contributed by atoms with Gasteiger partial charge in [0.25, 0.3) is 0 Å². The number of aliphatic carboxylic acids is 2. The molecular weight excluding hydrogens is 412 g/mol. The quantitative estimate of drug-likeness (QED) is 0.484. The van der Waals surface area contributed by atoms with Crippen LogP contribution in [-0.2, 0) is 14.3 Å². The van der Waals surface area contributed by atoms with Crippen molar-refractivity contribution in [3.63, 3.8) is 0 Å². The highest BCUT2D eigenvalue weighted by atomic mass is 16.5. The number of carbonyl (C=O) groups is 2. The predicted molar refractivity (Wildman–Crippen MR) is 119 cm³/mol. The molecule has 0 aliphatic heterocycles. The van der Waals surface area contributed by atoms with Crippen LogP contribution in [0.2, 0.25) is 0 Å². The molecule has 6 rings (SSSR count). The van der Waals surface area contributed by atoms with Gasteiger partial charge in [-0.25, -0.2) is 9.59 Å². The van der Waals surface area contributed by atoms with Gasteiger partial charge in [-0.3, -0.25) is 0 Å². The summed E-state index contributed by atoms with van der Waals surface area (Å²) in [6, 6.07) is 8.21. The number of nitrogens with one attached hydrogen (secondary N) is 2. The first kappa shape index (κ1) is 22.6. The molecule has 1 aromatic heterocycles. The van der Waals surface area contributed by atoms with Crippen molar-refractivity contribution < 1.29 is 29.3 Å². The molecule has 0 amide bonds. The van der Waals surface area contributed by atoms with Crippen LogP contribution < -0.4 is 10.1 Å². The molecule has 1 unspecified atom stereocenters. The van der Waals surface area contributed by atoms with Crippen molar-refractivity contribution in [2.75, 3.05) is 20.3 Å². The van der Waals surface area contributed by atoms with E-state index in [0.29, 0.717) is 12.1 Å². The molecule has 4 aliphatic carbocycles. The fraction of sp³-hybridized carbons (Fsp3) is 0.583. The Balaban J connectivity index is 0.000000363. The second-order valence-electron chi connectivity index (χ2n) is 9.55. The maximum atomic E-state index is 9.10. The van der Waals surface area contributed by atoms with Gasteiger partial charge in [0, 0.05) is 36.3 Å². The third kappa shape index (κ3) is 5.07. The van der Waals surface area contributed by atoms with Crippen molar-refractivity contribution in [3.05, 3.63) is 30.5 Å². The third-order valence-corrected chi connectivity index (χ3v) is 7.24. The number of carboxylic acid groups (broad SMARTS) is 2. The summed E-state index contributed by atoms with van der Waals surface area (Å²) >= 11 is 0. The summed E-state index contributed by atoms with van der Waals surface area (Å²) in [4.78, 5) is 21.4. The van der Waals surface area contributed by atoms with Crippen LogP contribution in [0.3, 0.4) is 0 Å². The van der Waals surface area contributed by atoms with Crippen LogP contribution in [-0.4, -0.2) is 59.0 Å². The summed E-state index contributed by atoms with van der Waals surface area (Å²) in [5.74, 6) is 0.192. The van der Waals surface area contributed by atoms with Crippen LogP contribution in [0.4, 0.5) is 0 Å². The first-order valence-electron chi connectivity index (χ1n) is 11.3. The molecule has 2 aromatic rings. The Morgan fingerprint density at radius 1 is 1.09 bits per heavy atom. The molecule has 8 nitrogen and oxygen atoms in total. The summed E-state index contributed by atoms with van der Waals surface area (Å²) in [5.41, 5.74) is 1.50. The number of aromatic nitrogens is 1. The molecule has 32 heavy (non-hydrogen) atoms. The van der Waals surface area contributed by atoms with Crippen LogP contribution in [0.1, 0.15) is 38.5 Å². The molecule has 8 heteroatoms. The predicted octanol–water partition coefficient (Wildman–Crippen LogP) is 3.28. The van der Waals surface area contributed by atoms with E-state index in [-0.39, 0.29) is 6.10 Å². The number of aromatic amines is 1. The van der Waals surface area contributed by atoms with Gasteiger partial charge in [0.1, 0.15) is 18.5 Å². The highest BCUT2D eigenvalue weighted by Gasteiger charge is 2.50. The van der Waals surface area contributed by atoms with Crippen molar-refractivity contribution in [2.45, 2.75) is 50.2 Å². The minimum atomic E-state index is -1.82. The van der Waals surface area contributed by atoms with Crippen LogP contribution in [0.15, 0.2) is 30.5 Å². The maximum Gasteiger partial charge on any atom is 0.414 e. The van der Waals surface area contributed by atoms with Gasteiger partial charge < -0.3 is 30.0 Å². The molecule has 174 valence electrons. The van der Waals surface area contributed by atoms with Gasteiger partial charge in [-0.2, -0.15) is 0 Å². The molecule has 1 atom stereocenters. The van der Waals surface area contributed by atoms with E-state index in [4.69, 9.17) is 29.3 Å². The van der Waals surface area contributed by atoms with E-state index in [2.05, 4.69) is 22.4 Å². The second kappa shape index (κ2) is 9.50. The van der Waals surface area contributed by atoms with Crippen molar-refractivity contribution in [3.8, 4) is 5.75 Å². The number of fused-ring (bicyclic) bond motifs is 1. The lowest BCUT2D eigenvalue weighted by atomic mass is 9.53. The van der Waals surface area contributed by atoms with Gasteiger partial charge >= 0.3 is 11.9 Å². The van der Waals surface area contributed by atoms with E-state index in [9.17, 15) is 0 Å². The molecule has 0 radical (unpaired) electrons. The van der Waals surface area contributed by atoms with Gasteiger partial charge in [-0.1, -0.05) is 6.07 Å². The number of methoxy groups -OCH3 is 1. The van der Waals surface area contributed by atoms with E-state index in [1.54, 1.807) is 7.11 Å². The number of rotatable bonds is 7. The average molecular weight is 445 g/mol. The highest BCUT2D eigenvalue weighted by Crippen LogP contribution is 2.55. The Morgan fingerprint density at radius 2 is 1.72 bits per heavy atom. The van der Waals surface area contributed by atoms with Crippen LogP contribution in [0.25, 0.3) is 10.9 Å². The number of hydrogen-bond donors (Lipinski definition) is 4. The van der Waals surface area contributed by atoms with Gasteiger partial charge in [0.2, 0.25) is 0 Å². The topological polar surface area (TPSA) is 121 Å². The zero-order valence-corrected chi connectivity index (χ0v) is 18.4. The fourth-order valence-electron chi connectivity index (χ4n) is 6.23. The number of benzene rings is 1. The van der Waals surface area contributed by atoms with Crippen molar-refractivity contribution >= 4 is 22.8 Å². The summed E-state index contributed by atoms with van der Waals surface area (Å²) in [7, 11) is 1.80. The van der Waals surface area contributed by atoms with Crippen molar-refractivity contribution in [1.82, 2.24) is 10.3 Å². The Morgan fingerprint density at radius 3 is 2.28 bits per heavy atom. The second-order valence-corrected chi connectivity index (χ2v) is 9.55. The SMILES string of the molecule is COC(CNC12CC3CC(CC(C3)C1)C2)COc1cccc2[nH]ccc12.O=C(O)C(=O)O. The first-order chi connectivity index (χ1) is 15.4. The summed E-state index contributed by atoms with van der Waals surface area (Å²) in [6.45, 7) is 1.46. The third-order valence-electron chi connectivity index (χ3n) is 7.24. The smallest absolute Gasteiger partial charge is 0.414 e. The molecular formula is C24H32N2O6. The zero-order valence-electron chi connectivity index (χ0n) is 18.4. The lowest BCUT2D eigenvalue weighted by Gasteiger charge is -2.57. The van der Waals surface area contributed by atoms with Crippen LogP contribution >= 0.6 is 0 Å². The Labute approximate surface area is 187 Å². The molecule has 1 aromatic carbocycles. The van der Waals surface area contributed by atoms with Crippen LogP contribution in [0, 0.1) is 17.8 Å². The Bertz CT molecular complexity index is 908. The molecule has 4 fully saturated rings. The summed E-state index contributed by atoms with van der Waals surface area (Å²) in [6.07, 6.45) is 10.6. The van der Waals surface area contributed by atoms with Gasteiger partial charge in [0.05, 0.1) is 0 Å². The minimum absolute atomic E-state index is 0.0807. The summed E-state index contributed by atoms with van der Waals surface area (Å²) in [5, 5.41) is 19.9. The molecule has 0 saturated heterocycles. The summed E-state index contributed by atoms with van der Waals surface area (Å²) < 4.78 is 11.9. The zero-order chi connectivity index (χ0) is 22.7. The number of carboxylic acids is 2. The number of ether oxygens (including phenoxy) is 2. The average Bonchev–Trinajstić information content (AvgIpc) is 3.23. The Kier molecular flexibility index (Phi) is 6.71. The van der Waals surface area contributed by atoms with Crippen LogP contribution in [0.5, 0.6) is 5.75 Å². The fourth-order valence-corrected chi connectivity index (χ4v) is 6.23. The molecule has 0 spiro atoms. The first-order valence-corrected chi connectivity index (χ1v) is 11.3. The van der Waals surface area contributed by atoms with E-state index in [0.717, 1.165) is 41.0 Å². The lowest BCUT2D eigenvalue weighted by Crippen LogP contribution is -2.59. The van der Waals surface area contributed by atoms with Crippen molar-refractivity contribution in [2.24, 2.45) is 17.8 Å². The van der Waals surface area contributed by atoms with Gasteiger partial charge in [0.15, 0.2) is 0 Å². The van der Waals surface area contributed by atoms with E-state index in [1.807, 2.05) is 18.3 Å². The molecule has 4 aliphatic rings. The lowest BCUT2D eigenvalue weighted by molar-refractivity contribution is -0.159. The highest BCUT2D eigenvalue weighted by molar-refractivity contribution is 6.27. The minimum Gasteiger partial charge on any atom is -0.490 e. The molecule has 4 N–H and O–H groups in total. The van der Waals surface area contributed by atoms with E-state index in [1.165, 1.54) is 38.5 Å². The maximum absolute atomic E-state index is 9.10. The van der Waals surface area contributed by atoms with Crippen molar-refractivity contribution in [1.29, 1.82) is 0 Å². The number of H-pyrrole nitrogens is 1. The standard InChI is InChI=1S/C22H30N2O2.C2H2O4/c1-25-18(14-26-21-4-2-3-20-19(21)5-6-23-20)13-24-22-10-15-7-16(11-22)9-17(8-15)12-22;3-1(4)2(5)6/h2-6,15-18,23-24H,7-14H2,1H3;(H,3,4)(H,5,6). The van der Waals surface area contributed by atoms with Gasteiger partial charge in [-0.05, 0) is 74.5 Å². The molecule has 4 saturated carbocycles. The normalized spacial score (nSPS) is 28.7. The van der Waals surface area contributed by atoms with E-state index >= 15 is 0 Å². The largest absolute Gasteiger partial charge is 0.490 e.